The molecule has 0 heterocycles. The summed E-state index contributed by atoms with van der Waals surface area (Å²) < 4.78 is 1.19. The lowest BCUT2D eigenvalue weighted by Crippen LogP contribution is -2.08. The van der Waals surface area contributed by atoms with E-state index in [2.05, 4.69) is 65.9 Å². The molecule has 0 amide bonds. The molecule has 0 saturated heterocycles. The molecule has 0 radical (unpaired) electrons. The second kappa shape index (κ2) is 4.70. The monoisotopic (exact) mass is 275 g/mol. The topological polar surface area (TPSA) is 3.24 Å². The molecule has 12 heavy (non-hydrogen) atoms. The highest BCUT2D eigenvalue weighted by Gasteiger charge is 1.94. The predicted octanol–water partition coefficient (Wildman–Crippen LogP) is 2.73. The molecule has 0 atom stereocenters. The van der Waals surface area contributed by atoms with Crippen molar-refractivity contribution in [2.75, 3.05) is 23.4 Å². The minimum Gasteiger partial charge on any atom is -0.378 e. The van der Waals surface area contributed by atoms with Crippen molar-refractivity contribution in [3.8, 4) is 0 Å². The second-order valence-electron chi connectivity index (χ2n) is 3.00. The fourth-order valence-electron chi connectivity index (χ4n) is 1.07. The van der Waals surface area contributed by atoms with Gasteiger partial charge in [0.05, 0.1) is 0 Å². The van der Waals surface area contributed by atoms with Crippen molar-refractivity contribution in [1.29, 1.82) is 0 Å². The maximum Gasteiger partial charge on any atom is 0.0361 e. The molecule has 0 saturated carbocycles. The lowest BCUT2D eigenvalue weighted by molar-refractivity contribution is 1.12. The first-order valence-corrected chi connectivity index (χ1v) is 5.59. The fourth-order valence-corrected chi connectivity index (χ4v) is 1.69. The van der Waals surface area contributed by atoms with Gasteiger partial charge < -0.3 is 4.90 Å². The van der Waals surface area contributed by atoms with Crippen molar-refractivity contribution in [2.45, 2.75) is 6.42 Å². The summed E-state index contributed by atoms with van der Waals surface area (Å²) in [6.07, 6.45) is 1.17. The fraction of sp³-hybridized carbons (Fsp3) is 0.400. The lowest BCUT2D eigenvalue weighted by atomic mass is 10.1. The molecule has 66 valence electrons. The van der Waals surface area contributed by atoms with E-state index in [1.54, 1.807) is 0 Å². The van der Waals surface area contributed by atoms with Crippen LogP contribution in [0.5, 0.6) is 0 Å². The second-order valence-corrected chi connectivity index (χ2v) is 4.08. The number of alkyl halides is 1. The quantitative estimate of drug-likeness (QED) is 0.605. The first-order valence-electron chi connectivity index (χ1n) is 4.06. The van der Waals surface area contributed by atoms with E-state index in [1.807, 2.05) is 0 Å². The van der Waals surface area contributed by atoms with Gasteiger partial charge in [-0.25, -0.2) is 0 Å². The Labute approximate surface area is 87.9 Å². The predicted molar refractivity (Wildman–Crippen MR) is 63.4 cm³/mol. The molecular weight excluding hydrogens is 261 g/mol. The molecule has 1 aromatic carbocycles. The van der Waals surface area contributed by atoms with Gasteiger partial charge in [0.25, 0.3) is 0 Å². The Bertz CT molecular complexity index is 228. The highest BCUT2D eigenvalue weighted by molar-refractivity contribution is 14.1. The molecule has 1 rings (SSSR count). The summed E-state index contributed by atoms with van der Waals surface area (Å²) in [7, 11) is 4.13. The van der Waals surface area contributed by atoms with E-state index < -0.39 is 0 Å². The maximum absolute atomic E-state index is 2.40. The van der Waals surface area contributed by atoms with Crippen molar-refractivity contribution in [3.63, 3.8) is 0 Å². The third kappa shape index (κ3) is 2.66. The molecule has 0 aliphatic rings. The van der Waals surface area contributed by atoms with E-state index in [1.165, 1.54) is 22.1 Å². The van der Waals surface area contributed by atoms with E-state index in [0.717, 1.165) is 0 Å². The molecule has 0 unspecified atom stereocenters. The Kier molecular flexibility index (Phi) is 3.85. The van der Waals surface area contributed by atoms with Crippen LogP contribution in [0.1, 0.15) is 5.56 Å². The molecule has 1 nitrogen and oxygen atoms in total. The van der Waals surface area contributed by atoms with Crippen LogP contribution in [0.2, 0.25) is 0 Å². The zero-order valence-corrected chi connectivity index (χ0v) is 9.71. The van der Waals surface area contributed by atoms with Gasteiger partial charge in [0.2, 0.25) is 0 Å². The Morgan fingerprint density at radius 3 is 2.17 bits per heavy atom. The average molecular weight is 275 g/mol. The Morgan fingerprint density at radius 2 is 1.75 bits per heavy atom. The molecule has 0 N–H and O–H groups in total. The largest absolute Gasteiger partial charge is 0.378 e. The van der Waals surface area contributed by atoms with Gasteiger partial charge in [-0.1, -0.05) is 34.7 Å². The van der Waals surface area contributed by atoms with Crippen molar-refractivity contribution >= 4 is 28.3 Å². The third-order valence-corrected chi connectivity index (χ3v) is 2.38. The molecular formula is C10H14IN. The summed E-state index contributed by atoms with van der Waals surface area (Å²) in [5.41, 5.74) is 2.70. The lowest BCUT2D eigenvalue weighted by Gasteiger charge is -2.12. The molecule has 0 bridgehead atoms. The Balaban J connectivity index is 2.71. The van der Waals surface area contributed by atoms with E-state index in [9.17, 15) is 0 Å². The van der Waals surface area contributed by atoms with E-state index >= 15 is 0 Å². The molecule has 1 aromatic rings. The number of nitrogens with zero attached hydrogens (tertiary/aromatic N) is 1. The van der Waals surface area contributed by atoms with Crippen LogP contribution in [-0.2, 0) is 6.42 Å². The normalized spacial score (nSPS) is 9.92. The van der Waals surface area contributed by atoms with Gasteiger partial charge in [-0.05, 0) is 24.1 Å². The van der Waals surface area contributed by atoms with Gasteiger partial charge in [0, 0.05) is 24.2 Å². The third-order valence-electron chi connectivity index (χ3n) is 1.84. The summed E-state index contributed by atoms with van der Waals surface area (Å²) >= 11 is 2.40. The van der Waals surface area contributed by atoms with Crippen molar-refractivity contribution in [3.05, 3.63) is 29.8 Å². The molecule has 2 heteroatoms. The summed E-state index contributed by atoms with van der Waals surface area (Å²) in [4.78, 5) is 2.12. The van der Waals surface area contributed by atoms with Crippen LogP contribution in [0, 0.1) is 0 Å². The smallest absolute Gasteiger partial charge is 0.0361 e. The first kappa shape index (κ1) is 9.84. The van der Waals surface area contributed by atoms with Crippen LogP contribution < -0.4 is 4.90 Å². The van der Waals surface area contributed by atoms with E-state index in [4.69, 9.17) is 0 Å². The van der Waals surface area contributed by atoms with Gasteiger partial charge >= 0.3 is 0 Å². The number of hydrogen-bond donors (Lipinski definition) is 0. The number of benzene rings is 1. The van der Waals surface area contributed by atoms with Crippen molar-refractivity contribution < 1.29 is 0 Å². The average Bonchev–Trinajstić information content (AvgIpc) is 2.06. The number of aryl methyl sites for hydroxylation is 1. The van der Waals surface area contributed by atoms with Crippen LogP contribution in [0.3, 0.4) is 0 Å². The number of rotatable bonds is 3. The minimum absolute atomic E-state index is 1.17. The standard InChI is InChI=1S/C10H14IN/c1-12(2)10-5-3-9(4-6-10)7-8-11/h3-6H,7-8H2,1-2H3. The zero-order chi connectivity index (χ0) is 8.97. The molecule has 0 aliphatic carbocycles. The summed E-state index contributed by atoms with van der Waals surface area (Å²) in [5.74, 6) is 0. The van der Waals surface area contributed by atoms with Gasteiger partial charge in [0.1, 0.15) is 0 Å². The maximum atomic E-state index is 2.40. The number of hydrogen-bond acceptors (Lipinski definition) is 1. The van der Waals surface area contributed by atoms with Crippen LogP contribution in [-0.4, -0.2) is 18.5 Å². The van der Waals surface area contributed by atoms with Crippen LogP contribution in [0.15, 0.2) is 24.3 Å². The summed E-state index contributed by atoms with van der Waals surface area (Å²) in [6, 6.07) is 8.74. The van der Waals surface area contributed by atoms with Gasteiger partial charge in [-0.3, -0.25) is 0 Å². The summed E-state index contributed by atoms with van der Waals surface area (Å²) in [6.45, 7) is 0. The van der Waals surface area contributed by atoms with Crippen molar-refractivity contribution in [1.82, 2.24) is 0 Å². The van der Waals surface area contributed by atoms with Crippen LogP contribution in [0.4, 0.5) is 5.69 Å². The number of halogens is 1. The van der Waals surface area contributed by atoms with E-state index in [-0.39, 0.29) is 0 Å². The molecule has 0 fully saturated rings. The van der Waals surface area contributed by atoms with E-state index in [0.29, 0.717) is 0 Å². The van der Waals surface area contributed by atoms with Crippen LogP contribution in [0.25, 0.3) is 0 Å². The molecule has 0 aromatic heterocycles. The van der Waals surface area contributed by atoms with Gasteiger partial charge in [-0.15, -0.1) is 0 Å². The Hall–Kier alpha value is -0.250. The first-order chi connectivity index (χ1) is 5.74. The molecule has 0 aliphatic heterocycles. The summed E-state index contributed by atoms with van der Waals surface area (Å²) in [5, 5.41) is 0. The number of anilines is 1. The highest BCUT2D eigenvalue weighted by Crippen LogP contribution is 2.12. The Morgan fingerprint density at radius 1 is 1.17 bits per heavy atom. The minimum atomic E-state index is 1.17. The van der Waals surface area contributed by atoms with Crippen LogP contribution >= 0.6 is 22.6 Å². The van der Waals surface area contributed by atoms with Crippen molar-refractivity contribution in [2.24, 2.45) is 0 Å². The SMILES string of the molecule is CN(C)c1ccc(CCI)cc1. The zero-order valence-electron chi connectivity index (χ0n) is 7.55. The van der Waals surface area contributed by atoms with Gasteiger partial charge in [-0.2, -0.15) is 0 Å². The van der Waals surface area contributed by atoms with Gasteiger partial charge in [0.15, 0.2) is 0 Å². The molecule has 0 spiro atoms. The highest BCUT2D eigenvalue weighted by atomic mass is 127.